The molecule has 0 radical (unpaired) electrons. The first kappa shape index (κ1) is 21.7. The number of nitrogens with zero attached hydrogens (tertiary/aromatic N) is 3. The molecule has 1 aliphatic carbocycles. The van der Waals surface area contributed by atoms with Crippen LogP contribution in [0.1, 0.15) is 40.9 Å². The second-order valence-corrected chi connectivity index (χ2v) is 8.56. The van der Waals surface area contributed by atoms with E-state index in [4.69, 9.17) is 10.5 Å². The number of pyridine rings is 1. The van der Waals surface area contributed by atoms with Gasteiger partial charge < -0.3 is 10.5 Å². The lowest BCUT2D eigenvalue weighted by Crippen LogP contribution is -2.58. The first-order valence-corrected chi connectivity index (χ1v) is 10.6. The number of nitrogens with one attached hydrogen (secondary N) is 1. The predicted octanol–water partition coefficient (Wildman–Crippen LogP) is 3.25. The molecule has 3 aromatic rings. The van der Waals surface area contributed by atoms with E-state index >= 15 is 0 Å². The third kappa shape index (κ3) is 3.60. The number of likely N-dealkylation sites (tertiary alicyclic amines) is 1. The minimum Gasteiger partial charge on any atom is -0.373 e. The van der Waals surface area contributed by atoms with Crippen LogP contribution in [0, 0.1) is 11.8 Å². The number of hydrogen-bond donors (Lipinski definition) is 2. The lowest BCUT2D eigenvalue weighted by Gasteiger charge is -2.55. The molecule has 0 spiro atoms. The number of benzene rings is 1. The molecule has 3 N–H and O–H groups in total. The van der Waals surface area contributed by atoms with Gasteiger partial charge in [-0.1, -0.05) is 18.6 Å². The van der Waals surface area contributed by atoms with Gasteiger partial charge in [0.05, 0.1) is 11.9 Å². The highest BCUT2D eigenvalue weighted by atomic mass is 35.5. The van der Waals surface area contributed by atoms with E-state index < -0.39 is 5.91 Å². The summed E-state index contributed by atoms with van der Waals surface area (Å²) >= 11 is 0. The Bertz CT molecular complexity index is 1070. The number of aromatic amines is 1. The van der Waals surface area contributed by atoms with Crippen molar-refractivity contribution in [1.82, 2.24) is 20.1 Å². The van der Waals surface area contributed by atoms with Crippen molar-refractivity contribution >= 4 is 29.2 Å². The fourth-order valence-corrected chi connectivity index (χ4v) is 5.75. The van der Waals surface area contributed by atoms with Crippen LogP contribution < -0.4 is 5.73 Å². The van der Waals surface area contributed by atoms with Crippen molar-refractivity contribution in [3.05, 3.63) is 59.5 Å². The van der Waals surface area contributed by atoms with E-state index in [1.54, 1.807) is 12.3 Å². The number of methoxy groups -OCH3 is 1. The minimum atomic E-state index is -0.397. The number of hydrogen-bond acceptors (Lipinski definition) is 5. The molecular weight excluding hydrogens is 414 g/mol. The lowest BCUT2D eigenvalue weighted by molar-refractivity contribution is -0.170. The average Bonchev–Trinajstić information content (AvgIpc) is 3.16. The van der Waals surface area contributed by atoms with Crippen LogP contribution in [0.2, 0.25) is 0 Å². The molecule has 2 atom stereocenters. The largest absolute Gasteiger partial charge is 0.373 e. The normalized spacial score (nSPS) is 25.8. The van der Waals surface area contributed by atoms with E-state index in [0.29, 0.717) is 17.4 Å². The summed E-state index contributed by atoms with van der Waals surface area (Å²) in [4.78, 5) is 18.4. The molecule has 2 aliphatic rings. The first-order chi connectivity index (χ1) is 14.6. The second kappa shape index (κ2) is 8.57. The maximum Gasteiger partial charge on any atom is 0.248 e. The van der Waals surface area contributed by atoms with Gasteiger partial charge in [0.15, 0.2) is 0 Å². The van der Waals surface area contributed by atoms with Crippen LogP contribution >= 0.6 is 12.4 Å². The molecule has 1 saturated heterocycles. The fraction of sp³-hybridized carbons (Fsp3) is 0.435. The van der Waals surface area contributed by atoms with E-state index in [0.717, 1.165) is 54.6 Å². The standard InChI is InChI=1S/C23H27N5O2.ClH/c1-30-23(16-5-2-4-15(10-16)22(24)29)17-6-3-7-18(23)13-28(12-17)14-21-19-8-9-25-11-20(19)26-27-21;/h2,4-5,8-11,17-18H,3,6-7,12-14H2,1H3,(H2,24,29)(H,26,27);1H. The van der Waals surface area contributed by atoms with Crippen LogP contribution in [0.4, 0.5) is 0 Å². The summed E-state index contributed by atoms with van der Waals surface area (Å²) in [5.74, 6) is 0.314. The maximum absolute atomic E-state index is 11.8. The van der Waals surface area contributed by atoms with Gasteiger partial charge in [0.25, 0.3) is 0 Å². The molecule has 5 rings (SSSR count). The second-order valence-electron chi connectivity index (χ2n) is 8.56. The molecule has 2 fully saturated rings. The molecule has 2 unspecified atom stereocenters. The van der Waals surface area contributed by atoms with Crippen molar-refractivity contribution in [2.75, 3.05) is 20.2 Å². The van der Waals surface area contributed by atoms with Crippen molar-refractivity contribution in [2.24, 2.45) is 17.6 Å². The zero-order chi connectivity index (χ0) is 20.7. The lowest BCUT2D eigenvalue weighted by atomic mass is 9.62. The van der Waals surface area contributed by atoms with Gasteiger partial charge in [-0.3, -0.25) is 19.8 Å². The third-order valence-electron chi connectivity index (χ3n) is 7.03. The summed E-state index contributed by atoms with van der Waals surface area (Å²) in [6.45, 7) is 2.71. The quantitative estimate of drug-likeness (QED) is 0.633. The number of fused-ring (bicyclic) bond motifs is 3. The highest BCUT2D eigenvalue weighted by Crippen LogP contribution is 2.51. The molecule has 1 amide bonds. The number of halogens is 1. The highest BCUT2D eigenvalue weighted by molar-refractivity contribution is 5.93. The number of carbonyl (C=O) groups excluding carboxylic acids is 1. The fourth-order valence-electron chi connectivity index (χ4n) is 5.75. The van der Waals surface area contributed by atoms with Crippen LogP contribution in [0.15, 0.2) is 42.7 Å². The molecule has 1 saturated carbocycles. The van der Waals surface area contributed by atoms with Crippen molar-refractivity contribution in [1.29, 1.82) is 0 Å². The number of primary amides is 1. The molecule has 3 heterocycles. The van der Waals surface area contributed by atoms with Crippen LogP contribution in [0.3, 0.4) is 0 Å². The molecule has 31 heavy (non-hydrogen) atoms. The Hall–Kier alpha value is -2.48. The monoisotopic (exact) mass is 441 g/mol. The zero-order valence-electron chi connectivity index (χ0n) is 17.6. The topological polar surface area (TPSA) is 97.1 Å². The molecule has 164 valence electrons. The van der Waals surface area contributed by atoms with Gasteiger partial charge in [-0.05, 0) is 36.6 Å². The smallest absolute Gasteiger partial charge is 0.248 e. The van der Waals surface area contributed by atoms with Gasteiger partial charge >= 0.3 is 0 Å². The molecule has 2 bridgehead atoms. The third-order valence-corrected chi connectivity index (χ3v) is 7.03. The van der Waals surface area contributed by atoms with Crippen LogP contribution in [-0.4, -0.2) is 46.2 Å². The van der Waals surface area contributed by atoms with Crippen LogP contribution in [0.5, 0.6) is 0 Å². The summed E-state index contributed by atoms with van der Waals surface area (Å²) in [6, 6.07) is 9.74. The Balaban J connectivity index is 0.00000231. The Morgan fingerprint density at radius 3 is 2.77 bits per heavy atom. The van der Waals surface area contributed by atoms with Crippen LogP contribution in [0.25, 0.3) is 10.9 Å². The Morgan fingerprint density at radius 1 is 1.29 bits per heavy atom. The summed E-state index contributed by atoms with van der Waals surface area (Å²) < 4.78 is 6.31. The van der Waals surface area contributed by atoms with Gasteiger partial charge in [-0.15, -0.1) is 12.4 Å². The number of amides is 1. The molecule has 7 nitrogen and oxygen atoms in total. The highest BCUT2D eigenvalue weighted by Gasteiger charge is 2.53. The summed E-state index contributed by atoms with van der Waals surface area (Å²) in [7, 11) is 1.81. The number of carbonyl (C=O) groups is 1. The molecule has 2 aromatic heterocycles. The Kier molecular flexibility index (Phi) is 6.01. The molecular formula is C23H28ClN5O2. The number of H-pyrrole nitrogens is 1. The van der Waals surface area contributed by atoms with Gasteiger partial charge in [-0.25, -0.2) is 0 Å². The zero-order valence-corrected chi connectivity index (χ0v) is 18.4. The average molecular weight is 442 g/mol. The SMILES string of the molecule is COC1(c2cccc(C(N)=O)c2)C2CCCC1CN(Cc1[nH]nc3cnccc13)C2.Cl. The molecule has 1 aromatic carbocycles. The number of piperidine rings is 1. The molecule has 8 heteroatoms. The number of aromatic nitrogens is 3. The van der Waals surface area contributed by atoms with Crippen molar-refractivity contribution < 1.29 is 9.53 Å². The number of ether oxygens (including phenoxy) is 1. The summed E-state index contributed by atoms with van der Waals surface area (Å²) in [5.41, 5.74) is 8.83. The van der Waals surface area contributed by atoms with Crippen LogP contribution in [-0.2, 0) is 16.9 Å². The van der Waals surface area contributed by atoms with E-state index in [1.165, 1.54) is 6.42 Å². The Morgan fingerprint density at radius 2 is 2.06 bits per heavy atom. The summed E-state index contributed by atoms with van der Waals surface area (Å²) in [5, 5.41) is 8.72. The van der Waals surface area contributed by atoms with Gasteiger partial charge in [-0.2, -0.15) is 5.10 Å². The van der Waals surface area contributed by atoms with Gasteiger partial charge in [0.1, 0.15) is 11.1 Å². The van der Waals surface area contributed by atoms with Gasteiger partial charge in [0, 0.05) is 55.7 Å². The number of nitrogens with two attached hydrogens (primary N) is 1. The van der Waals surface area contributed by atoms with Gasteiger partial charge in [0.2, 0.25) is 5.91 Å². The predicted molar refractivity (Wildman–Crippen MR) is 121 cm³/mol. The minimum absolute atomic E-state index is 0. The van der Waals surface area contributed by atoms with Crippen molar-refractivity contribution in [2.45, 2.75) is 31.4 Å². The van der Waals surface area contributed by atoms with E-state index in [-0.39, 0.29) is 18.0 Å². The Labute approximate surface area is 187 Å². The first-order valence-electron chi connectivity index (χ1n) is 10.6. The van der Waals surface area contributed by atoms with E-state index in [1.807, 2.05) is 31.5 Å². The van der Waals surface area contributed by atoms with E-state index in [2.05, 4.69) is 26.1 Å². The summed E-state index contributed by atoms with van der Waals surface area (Å²) in [6.07, 6.45) is 7.03. The number of rotatable bonds is 5. The molecule has 1 aliphatic heterocycles. The van der Waals surface area contributed by atoms with Crippen molar-refractivity contribution in [3.8, 4) is 0 Å². The van der Waals surface area contributed by atoms with Crippen molar-refractivity contribution in [3.63, 3.8) is 0 Å². The van der Waals surface area contributed by atoms with E-state index in [9.17, 15) is 4.79 Å². The maximum atomic E-state index is 11.8.